The lowest BCUT2D eigenvalue weighted by Gasteiger charge is -2.24. The number of hydrogen-bond donors (Lipinski definition) is 0. The van der Waals surface area contributed by atoms with E-state index in [0.29, 0.717) is 6.04 Å². The first-order chi connectivity index (χ1) is 11.4. The fraction of sp³-hybridized carbons (Fsp3) is 0.368. The van der Waals surface area contributed by atoms with E-state index in [4.69, 9.17) is 4.98 Å². The summed E-state index contributed by atoms with van der Waals surface area (Å²) in [6.45, 7) is 5.25. The average Bonchev–Trinajstić information content (AvgIpc) is 3.19. The van der Waals surface area contributed by atoms with Gasteiger partial charge in [0.2, 0.25) is 0 Å². The van der Waals surface area contributed by atoms with E-state index in [1.54, 1.807) is 0 Å². The topological polar surface area (TPSA) is 34.0 Å². The zero-order valence-electron chi connectivity index (χ0n) is 13.5. The summed E-state index contributed by atoms with van der Waals surface area (Å²) in [7, 11) is 0. The summed E-state index contributed by atoms with van der Waals surface area (Å²) in [4.78, 5) is 11.8. The molecule has 4 rings (SSSR count). The van der Waals surface area contributed by atoms with Crippen molar-refractivity contribution < 1.29 is 0 Å². The monoisotopic (exact) mass is 306 g/mol. The van der Waals surface area contributed by atoms with Crippen LogP contribution < -0.4 is 0 Å². The molecule has 3 aromatic rings. The third-order valence-corrected chi connectivity index (χ3v) is 4.77. The van der Waals surface area contributed by atoms with Gasteiger partial charge in [-0.2, -0.15) is 0 Å². The number of aromatic nitrogens is 3. The second-order valence-corrected chi connectivity index (χ2v) is 6.19. The molecule has 0 N–H and O–H groups in total. The molecule has 1 aliphatic heterocycles. The molecule has 0 bridgehead atoms. The van der Waals surface area contributed by atoms with Gasteiger partial charge in [-0.25, -0.2) is 4.98 Å². The summed E-state index contributed by atoms with van der Waals surface area (Å²) in [5, 5.41) is 0. The van der Waals surface area contributed by atoms with Crippen molar-refractivity contribution >= 4 is 11.0 Å². The molecule has 1 aliphatic rings. The number of imidazole rings is 1. The van der Waals surface area contributed by atoms with Crippen LogP contribution in [0.4, 0.5) is 0 Å². The summed E-state index contributed by atoms with van der Waals surface area (Å²) < 4.78 is 2.38. The number of nitrogens with zero attached hydrogens (tertiary/aromatic N) is 4. The molecule has 1 aromatic carbocycles. The van der Waals surface area contributed by atoms with Gasteiger partial charge in [-0.3, -0.25) is 9.88 Å². The Morgan fingerprint density at radius 3 is 2.91 bits per heavy atom. The van der Waals surface area contributed by atoms with Crippen LogP contribution in [0.3, 0.4) is 0 Å². The first-order valence-corrected chi connectivity index (χ1v) is 8.45. The predicted octanol–water partition coefficient (Wildman–Crippen LogP) is 3.79. The van der Waals surface area contributed by atoms with Crippen LogP contribution in [-0.2, 0) is 13.1 Å². The number of aryl methyl sites for hydroxylation is 1. The molecule has 0 aliphatic carbocycles. The Bertz CT molecular complexity index is 793. The Hall–Kier alpha value is -2.20. The van der Waals surface area contributed by atoms with Gasteiger partial charge in [-0.1, -0.05) is 18.2 Å². The van der Waals surface area contributed by atoms with Crippen molar-refractivity contribution in [3.05, 3.63) is 60.2 Å². The number of fused-ring (bicyclic) bond motifs is 1. The molecule has 1 saturated heterocycles. The summed E-state index contributed by atoms with van der Waals surface area (Å²) in [6.07, 6.45) is 6.22. The Morgan fingerprint density at radius 2 is 2.09 bits per heavy atom. The molecule has 1 atom stereocenters. The molecule has 0 amide bonds. The number of hydrogen-bond acceptors (Lipinski definition) is 3. The highest BCUT2D eigenvalue weighted by Gasteiger charge is 2.30. The van der Waals surface area contributed by atoms with E-state index in [0.717, 1.165) is 25.2 Å². The van der Waals surface area contributed by atoms with Gasteiger partial charge >= 0.3 is 0 Å². The highest BCUT2D eigenvalue weighted by atomic mass is 15.2. The predicted molar refractivity (Wildman–Crippen MR) is 92.0 cm³/mol. The number of para-hydroxylation sites is 2. The van der Waals surface area contributed by atoms with E-state index in [9.17, 15) is 0 Å². The second-order valence-electron chi connectivity index (χ2n) is 6.19. The molecule has 0 saturated carbocycles. The van der Waals surface area contributed by atoms with E-state index in [1.165, 1.54) is 29.7 Å². The Balaban J connectivity index is 1.68. The molecule has 0 radical (unpaired) electrons. The minimum atomic E-state index is 0.405. The molecule has 1 fully saturated rings. The quantitative estimate of drug-likeness (QED) is 0.735. The van der Waals surface area contributed by atoms with E-state index in [-0.39, 0.29) is 0 Å². The first kappa shape index (κ1) is 14.4. The van der Waals surface area contributed by atoms with Crippen LogP contribution in [0.15, 0.2) is 48.8 Å². The van der Waals surface area contributed by atoms with Crippen LogP contribution in [-0.4, -0.2) is 26.0 Å². The summed E-state index contributed by atoms with van der Waals surface area (Å²) in [5.74, 6) is 1.22. The summed E-state index contributed by atoms with van der Waals surface area (Å²) in [5.41, 5.74) is 3.63. The summed E-state index contributed by atoms with van der Waals surface area (Å²) in [6, 6.07) is 13.0. The lowest BCUT2D eigenvalue weighted by molar-refractivity contribution is 0.235. The van der Waals surface area contributed by atoms with Crippen LogP contribution in [0, 0.1) is 0 Å². The normalized spacial score (nSPS) is 18.7. The maximum Gasteiger partial charge on any atom is 0.127 e. The van der Waals surface area contributed by atoms with Crippen molar-refractivity contribution in [3.63, 3.8) is 0 Å². The van der Waals surface area contributed by atoms with Crippen LogP contribution in [0.5, 0.6) is 0 Å². The Kier molecular flexibility index (Phi) is 3.83. The maximum absolute atomic E-state index is 4.96. The van der Waals surface area contributed by atoms with Gasteiger partial charge < -0.3 is 4.57 Å². The van der Waals surface area contributed by atoms with Gasteiger partial charge in [0.05, 0.1) is 17.1 Å². The zero-order valence-corrected chi connectivity index (χ0v) is 13.5. The third-order valence-electron chi connectivity index (χ3n) is 4.77. The number of rotatable bonds is 4. The molecular formula is C19H22N4. The van der Waals surface area contributed by atoms with Crippen molar-refractivity contribution in [2.45, 2.75) is 38.9 Å². The SMILES string of the molecule is CCn1c([C@@H]2CCCN2Cc2cccnc2)nc2ccccc21. The Labute approximate surface area is 136 Å². The molecule has 3 heterocycles. The van der Waals surface area contributed by atoms with Crippen molar-refractivity contribution in [2.24, 2.45) is 0 Å². The van der Waals surface area contributed by atoms with Crippen LogP contribution in [0.25, 0.3) is 11.0 Å². The van der Waals surface area contributed by atoms with E-state index >= 15 is 0 Å². The second kappa shape index (κ2) is 6.13. The van der Waals surface area contributed by atoms with Gasteiger partial charge in [0, 0.05) is 25.5 Å². The minimum Gasteiger partial charge on any atom is -0.327 e. The van der Waals surface area contributed by atoms with E-state index < -0.39 is 0 Å². The zero-order chi connectivity index (χ0) is 15.6. The lowest BCUT2D eigenvalue weighted by Crippen LogP contribution is -2.25. The molecule has 118 valence electrons. The first-order valence-electron chi connectivity index (χ1n) is 8.45. The van der Waals surface area contributed by atoms with E-state index in [1.807, 2.05) is 18.5 Å². The summed E-state index contributed by atoms with van der Waals surface area (Å²) >= 11 is 0. The van der Waals surface area contributed by atoms with Crippen molar-refractivity contribution in [1.29, 1.82) is 0 Å². The van der Waals surface area contributed by atoms with Gasteiger partial charge in [-0.15, -0.1) is 0 Å². The smallest absolute Gasteiger partial charge is 0.127 e. The molecule has 4 nitrogen and oxygen atoms in total. The fourth-order valence-electron chi connectivity index (χ4n) is 3.71. The Morgan fingerprint density at radius 1 is 1.17 bits per heavy atom. The highest BCUT2D eigenvalue weighted by Crippen LogP contribution is 2.34. The number of benzene rings is 1. The van der Waals surface area contributed by atoms with Gasteiger partial charge in [0.1, 0.15) is 5.82 Å². The van der Waals surface area contributed by atoms with Crippen molar-refractivity contribution in [2.75, 3.05) is 6.54 Å². The van der Waals surface area contributed by atoms with Gasteiger partial charge in [0.25, 0.3) is 0 Å². The molecule has 23 heavy (non-hydrogen) atoms. The molecular weight excluding hydrogens is 284 g/mol. The fourth-order valence-corrected chi connectivity index (χ4v) is 3.71. The molecule has 0 spiro atoms. The van der Waals surface area contributed by atoms with Crippen molar-refractivity contribution in [1.82, 2.24) is 19.4 Å². The van der Waals surface area contributed by atoms with Crippen LogP contribution in [0.2, 0.25) is 0 Å². The third kappa shape index (κ3) is 2.63. The van der Waals surface area contributed by atoms with Crippen molar-refractivity contribution in [3.8, 4) is 0 Å². The average molecular weight is 306 g/mol. The largest absolute Gasteiger partial charge is 0.327 e. The van der Waals surface area contributed by atoms with Crippen LogP contribution in [0.1, 0.15) is 37.2 Å². The van der Waals surface area contributed by atoms with E-state index in [2.05, 4.69) is 51.7 Å². The van der Waals surface area contributed by atoms with Gasteiger partial charge in [0.15, 0.2) is 0 Å². The number of pyridine rings is 1. The van der Waals surface area contributed by atoms with Gasteiger partial charge in [-0.05, 0) is 50.1 Å². The maximum atomic E-state index is 4.96. The van der Waals surface area contributed by atoms with Crippen LogP contribution >= 0.6 is 0 Å². The molecule has 4 heteroatoms. The molecule has 2 aromatic heterocycles. The lowest BCUT2D eigenvalue weighted by atomic mass is 10.2. The standard InChI is InChI=1S/C19H22N4/c1-2-23-17-9-4-3-8-16(17)21-19(23)18-10-6-12-22(18)14-15-7-5-11-20-13-15/h3-5,7-9,11,13,18H,2,6,10,12,14H2,1H3/t18-/m0/s1. The number of likely N-dealkylation sites (tertiary alicyclic amines) is 1. The highest BCUT2D eigenvalue weighted by molar-refractivity contribution is 5.76. The minimum absolute atomic E-state index is 0.405. The molecule has 0 unspecified atom stereocenters.